The molecule has 1 aliphatic rings. The maximum Gasteiger partial charge on any atom is 0.0723 e. The summed E-state index contributed by atoms with van der Waals surface area (Å²) >= 11 is 0. The Hall–Kier alpha value is -0.0800. The summed E-state index contributed by atoms with van der Waals surface area (Å²) in [6.45, 7) is 8.46. The second-order valence-electron chi connectivity index (χ2n) is 4.21. The van der Waals surface area contributed by atoms with Crippen LogP contribution in [0.2, 0.25) is 0 Å². The molecule has 2 unspecified atom stereocenters. The summed E-state index contributed by atoms with van der Waals surface area (Å²) in [6, 6.07) is 0. The molecule has 1 rings (SSSR count). The van der Waals surface area contributed by atoms with Crippen molar-refractivity contribution in [3.05, 3.63) is 0 Å². The minimum Gasteiger partial charge on any atom is -0.391 e. The average Bonchev–Trinajstić information content (AvgIpc) is 2.05. The minimum absolute atomic E-state index is 0.156. The van der Waals surface area contributed by atoms with Crippen LogP contribution in [0.1, 0.15) is 33.6 Å². The number of nitrogens with one attached hydrogen (secondary N) is 1. The van der Waals surface area contributed by atoms with Crippen molar-refractivity contribution in [3.8, 4) is 0 Å². The lowest BCUT2D eigenvalue weighted by atomic mass is 9.67. The van der Waals surface area contributed by atoms with Gasteiger partial charge in [-0.25, -0.2) is 0 Å². The molecule has 2 atom stereocenters. The van der Waals surface area contributed by atoms with Crippen molar-refractivity contribution in [3.63, 3.8) is 0 Å². The lowest BCUT2D eigenvalue weighted by molar-refractivity contribution is -0.0365. The zero-order chi connectivity index (χ0) is 9.19. The zero-order valence-corrected chi connectivity index (χ0v) is 8.43. The van der Waals surface area contributed by atoms with Gasteiger partial charge in [0.2, 0.25) is 0 Å². The van der Waals surface area contributed by atoms with E-state index in [1.54, 1.807) is 0 Å². The van der Waals surface area contributed by atoms with E-state index in [1.807, 2.05) is 0 Å². The van der Waals surface area contributed by atoms with E-state index in [2.05, 4.69) is 26.1 Å². The van der Waals surface area contributed by atoms with Crippen LogP contribution in [0.25, 0.3) is 0 Å². The molecule has 0 aromatic heterocycles. The van der Waals surface area contributed by atoms with E-state index in [-0.39, 0.29) is 11.5 Å². The smallest absolute Gasteiger partial charge is 0.0723 e. The molecule has 0 amide bonds. The highest BCUT2D eigenvalue weighted by Gasteiger charge is 2.40. The number of β-amino-alcohol motifs (C(OH)–C–C–N with tert-alkyl or cyclic N) is 1. The summed E-state index contributed by atoms with van der Waals surface area (Å²) in [6.07, 6.45) is 2.05. The van der Waals surface area contributed by atoms with Gasteiger partial charge in [-0.1, -0.05) is 20.8 Å². The Balaban J connectivity index is 2.73. The Morgan fingerprint density at radius 3 is 2.58 bits per heavy atom. The molecule has 2 nitrogen and oxygen atoms in total. The van der Waals surface area contributed by atoms with Gasteiger partial charge < -0.3 is 10.4 Å². The Bertz CT molecular complexity index is 147. The molecule has 0 spiro atoms. The maximum absolute atomic E-state index is 9.93. The molecule has 2 N–H and O–H groups in total. The molecule has 0 aromatic carbocycles. The van der Waals surface area contributed by atoms with E-state index in [0.29, 0.717) is 5.92 Å². The molecule has 0 aliphatic carbocycles. The summed E-state index contributed by atoms with van der Waals surface area (Å²) in [5, 5.41) is 13.2. The first-order chi connectivity index (χ1) is 5.63. The molecule has 1 fully saturated rings. The summed E-state index contributed by atoms with van der Waals surface area (Å²) in [4.78, 5) is 0. The third-order valence-electron chi connectivity index (χ3n) is 3.58. The van der Waals surface area contributed by atoms with Crippen molar-refractivity contribution in [1.29, 1.82) is 0 Å². The lowest BCUT2D eigenvalue weighted by Gasteiger charge is -2.44. The normalized spacial score (nSPS) is 37.2. The highest BCUT2D eigenvalue weighted by atomic mass is 16.3. The first kappa shape index (κ1) is 10.0. The van der Waals surface area contributed by atoms with Crippen LogP contribution in [0.3, 0.4) is 0 Å². The van der Waals surface area contributed by atoms with Gasteiger partial charge in [-0.2, -0.15) is 0 Å². The molecule has 72 valence electrons. The summed E-state index contributed by atoms with van der Waals surface area (Å²) in [5.41, 5.74) is 0.172. The molecular weight excluding hydrogens is 150 g/mol. The largest absolute Gasteiger partial charge is 0.391 e. The van der Waals surface area contributed by atoms with Crippen LogP contribution >= 0.6 is 0 Å². The zero-order valence-electron chi connectivity index (χ0n) is 8.43. The summed E-state index contributed by atoms with van der Waals surface area (Å²) in [7, 11) is 0. The fraction of sp³-hybridized carbons (Fsp3) is 1.00. The van der Waals surface area contributed by atoms with Crippen molar-refractivity contribution in [2.24, 2.45) is 11.3 Å². The Labute approximate surface area is 75.4 Å². The molecule has 0 aromatic rings. The van der Waals surface area contributed by atoms with Crippen molar-refractivity contribution in [2.45, 2.75) is 39.7 Å². The molecule has 0 bridgehead atoms. The molecule has 1 heterocycles. The van der Waals surface area contributed by atoms with E-state index in [4.69, 9.17) is 0 Å². The van der Waals surface area contributed by atoms with Crippen molar-refractivity contribution >= 4 is 0 Å². The van der Waals surface area contributed by atoms with Crippen LogP contribution in [-0.4, -0.2) is 24.3 Å². The summed E-state index contributed by atoms with van der Waals surface area (Å²) in [5.74, 6) is 0.583. The van der Waals surface area contributed by atoms with Gasteiger partial charge in [0.05, 0.1) is 6.10 Å². The first-order valence-corrected chi connectivity index (χ1v) is 5.02. The van der Waals surface area contributed by atoms with Gasteiger partial charge >= 0.3 is 0 Å². The van der Waals surface area contributed by atoms with Crippen LogP contribution in [-0.2, 0) is 0 Å². The van der Waals surface area contributed by atoms with Gasteiger partial charge in [0.25, 0.3) is 0 Å². The summed E-state index contributed by atoms with van der Waals surface area (Å²) < 4.78 is 0. The first-order valence-electron chi connectivity index (χ1n) is 5.02. The van der Waals surface area contributed by atoms with Gasteiger partial charge in [-0.05, 0) is 25.3 Å². The quantitative estimate of drug-likeness (QED) is 0.658. The van der Waals surface area contributed by atoms with Gasteiger partial charge in [-0.15, -0.1) is 0 Å². The van der Waals surface area contributed by atoms with Gasteiger partial charge in [0.1, 0.15) is 0 Å². The minimum atomic E-state index is -0.156. The monoisotopic (exact) mass is 171 g/mol. The molecular formula is C10H21NO. The third-order valence-corrected chi connectivity index (χ3v) is 3.58. The van der Waals surface area contributed by atoms with Gasteiger partial charge in [0.15, 0.2) is 0 Å². The topological polar surface area (TPSA) is 32.3 Å². The number of hydrogen-bond donors (Lipinski definition) is 2. The van der Waals surface area contributed by atoms with Crippen LogP contribution in [0.4, 0.5) is 0 Å². The Morgan fingerprint density at radius 2 is 2.25 bits per heavy atom. The van der Waals surface area contributed by atoms with Gasteiger partial charge in [0, 0.05) is 12.0 Å². The second-order valence-corrected chi connectivity index (χ2v) is 4.21. The molecule has 12 heavy (non-hydrogen) atoms. The molecule has 2 heteroatoms. The predicted molar refractivity (Wildman–Crippen MR) is 51.1 cm³/mol. The van der Waals surface area contributed by atoms with Crippen LogP contribution in [0, 0.1) is 11.3 Å². The Morgan fingerprint density at radius 1 is 1.58 bits per heavy atom. The number of hydrogen-bond acceptors (Lipinski definition) is 2. The number of rotatable bonds is 2. The van der Waals surface area contributed by atoms with E-state index in [9.17, 15) is 5.11 Å². The fourth-order valence-electron chi connectivity index (χ4n) is 2.42. The third kappa shape index (κ3) is 1.50. The molecule has 1 aliphatic heterocycles. The van der Waals surface area contributed by atoms with Crippen molar-refractivity contribution in [2.75, 3.05) is 13.1 Å². The number of aliphatic hydroxyl groups is 1. The van der Waals surface area contributed by atoms with E-state index in [0.717, 1.165) is 25.9 Å². The van der Waals surface area contributed by atoms with E-state index < -0.39 is 0 Å². The van der Waals surface area contributed by atoms with Crippen molar-refractivity contribution < 1.29 is 5.11 Å². The standard InChI is InChI=1S/C10H21NO/c1-4-10(8(2)3)5-6-11-7-9(10)12/h8-9,11-12H,4-7H2,1-3H3. The number of aliphatic hydroxyl groups excluding tert-OH is 1. The van der Waals surface area contributed by atoms with Crippen LogP contribution < -0.4 is 5.32 Å². The molecule has 0 saturated carbocycles. The van der Waals surface area contributed by atoms with E-state index >= 15 is 0 Å². The number of piperidine rings is 1. The van der Waals surface area contributed by atoms with E-state index in [1.165, 1.54) is 0 Å². The highest BCUT2D eigenvalue weighted by Crippen LogP contribution is 2.39. The van der Waals surface area contributed by atoms with Crippen LogP contribution in [0.5, 0.6) is 0 Å². The Kier molecular flexibility index (Phi) is 3.13. The lowest BCUT2D eigenvalue weighted by Crippen LogP contribution is -2.51. The average molecular weight is 171 g/mol. The van der Waals surface area contributed by atoms with Crippen LogP contribution in [0.15, 0.2) is 0 Å². The molecule has 0 radical (unpaired) electrons. The predicted octanol–water partition coefficient (Wildman–Crippen LogP) is 1.39. The van der Waals surface area contributed by atoms with Gasteiger partial charge in [-0.3, -0.25) is 0 Å². The molecule has 1 saturated heterocycles. The SMILES string of the molecule is CCC1(C(C)C)CCNCC1O. The second kappa shape index (κ2) is 3.75. The maximum atomic E-state index is 9.93. The van der Waals surface area contributed by atoms with Crippen molar-refractivity contribution in [1.82, 2.24) is 5.32 Å². The highest BCUT2D eigenvalue weighted by molar-refractivity contribution is 4.92. The fourth-order valence-corrected chi connectivity index (χ4v) is 2.42.